The van der Waals surface area contributed by atoms with Crippen LogP contribution in [0.4, 0.5) is 10.6 Å². The Balaban J connectivity index is 1.59. The van der Waals surface area contributed by atoms with Crippen LogP contribution in [-0.2, 0) is 4.79 Å². The molecule has 28 heavy (non-hydrogen) atoms. The summed E-state index contributed by atoms with van der Waals surface area (Å²) in [4.78, 5) is 34.8. The van der Waals surface area contributed by atoms with Crippen LogP contribution in [0.3, 0.4) is 0 Å². The molecular weight excluding hydrogens is 360 g/mol. The summed E-state index contributed by atoms with van der Waals surface area (Å²) in [6.45, 7) is 1.93. The number of imide groups is 1. The molecular formula is C20H22N4O4. The van der Waals surface area contributed by atoms with Crippen molar-refractivity contribution < 1.29 is 19.1 Å². The van der Waals surface area contributed by atoms with Crippen LogP contribution in [0, 0.1) is 6.92 Å². The number of anilines is 1. The lowest BCUT2D eigenvalue weighted by Crippen LogP contribution is -2.48. The molecule has 1 aromatic heterocycles. The first kappa shape index (κ1) is 18.2. The first-order chi connectivity index (χ1) is 13.5. The second-order valence-electron chi connectivity index (χ2n) is 7.16. The van der Waals surface area contributed by atoms with Gasteiger partial charge in [-0.3, -0.25) is 4.79 Å². The van der Waals surface area contributed by atoms with E-state index in [1.54, 1.807) is 19.2 Å². The number of nitrogens with zero attached hydrogens (tertiary/aromatic N) is 3. The highest BCUT2D eigenvalue weighted by molar-refractivity contribution is 6.22. The summed E-state index contributed by atoms with van der Waals surface area (Å²) < 4.78 is 11.1. The molecule has 0 atom stereocenters. The van der Waals surface area contributed by atoms with Crippen molar-refractivity contribution in [3.05, 3.63) is 36.2 Å². The number of aromatic nitrogens is 2. The van der Waals surface area contributed by atoms with E-state index in [2.05, 4.69) is 15.3 Å². The number of rotatable bonds is 4. The van der Waals surface area contributed by atoms with Crippen LogP contribution in [-0.4, -0.2) is 34.6 Å². The molecule has 146 valence electrons. The van der Waals surface area contributed by atoms with E-state index in [1.165, 1.54) is 12.4 Å². The minimum absolute atomic E-state index is 0.203. The number of hydrogen-bond donors (Lipinski definition) is 1. The average molecular weight is 382 g/mol. The van der Waals surface area contributed by atoms with Gasteiger partial charge in [0.05, 0.1) is 7.11 Å². The zero-order chi connectivity index (χ0) is 19.7. The maximum absolute atomic E-state index is 13.0. The lowest BCUT2D eigenvalue weighted by Gasteiger charge is -2.30. The van der Waals surface area contributed by atoms with Gasteiger partial charge in [0.2, 0.25) is 5.88 Å². The van der Waals surface area contributed by atoms with E-state index in [1.807, 2.05) is 13.0 Å². The zero-order valence-corrected chi connectivity index (χ0v) is 15.9. The highest BCUT2D eigenvalue weighted by Gasteiger charge is 2.52. The summed E-state index contributed by atoms with van der Waals surface area (Å²) in [5.74, 6) is 1.42. The van der Waals surface area contributed by atoms with Crippen LogP contribution in [0.2, 0.25) is 0 Å². The van der Waals surface area contributed by atoms with Gasteiger partial charge in [-0.1, -0.05) is 25.3 Å². The number of amides is 3. The number of ether oxygens (including phenoxy) is 2. The fourth-order valence-corrected chi connectivity index (χ4v) is 3.82. The first-order valence-corrected chi connectivity index (χ1v) is 9.34. The molecule has 8 nitrogen and oxygen atoms in total. The van der Waals surface area contributed by atoms with Crippen molar-refractivity contribution in [3.8, 4) is 17.4 Å². The normalized spacial score (nSPS) is 18.3. The topological polar surface area (TPSA) is 93.7 Å². The molecule has 1 saturated heterocycles. The number of hydrogen-bond acceptors (Lipinski definition) is 6. The van der Waals surface area contributed by atoms with Crippen LogP contribution in [0.25, 0.3) is 0 Å². The van der Waals surface area contributed by atoms with Gasteiger partial charge in [-0.05, 0) is 31.4 Å². The Labute approximate surface area is 162 Å². The van der Waals surface area contributed by atoms with Crippen molar-refractivity contribution in [1.29, 1.82) is 0 Å². The predicted octanol–water partition coefficient (Wildman–Crippen LogP) is 3.35. The Hall–Kier alpha value is -3.16. The van der Waals surface area contributed by atoms with Crippen LogP contribution in [0.5, 0.6) is 17.4 Å². The molecule has 4 rings (SSSR count). The van der Waals surface area contributed by atoms with E-state index in [9.17, 15) is 9.59 Å². The van der Waals surface area contributed by atoms with Gasteiger partial charge in [0.1, 0.15) is 23.4 Å². The Kier molecular flexibility index (Phi) is 4.62. The average Bonchev–Trinajstić information content (AvgIpc) is 2.93. The SMILES string of the molecule is COc1cc(Oc2cc(N3C(=O)NC4(CCCCC4)C3=O)ncn2)ccc1C. The molecule has 1 aliphatic carbocycles. The molecule has 1 N–H and O–H groups in total. The molecule has 1 aliphatic heterocycles. The molecule has 1 saturated carbocycles. The second kappa shape index (κ2) is 7.10. The molecule has 0 unspecified atom stereocenters. The summed E-state index contributed by atoms with van der Waals surface area (Å²) >= 11 is 0. The molecule has 0 radical (unpaired) electrons. The van der Waals surface area contributed by atoms with Crippen LogP contribution < -0.4 is 19.7 Å². The van der Waals surface area contributed by atoms with Crippen molar-refractivity contribution >= 4 is 17.8 Å². The molecule has 2 heterocycles. The minimum atomic E-state index is -0.800. The summed E-state index contributed by atoms with van der Waals surface area (Å²) in [7, 11) is 1.59. The highest BCUT2D eigenvalue weighted by atomic mass is 16.5. The van der Waals surface area contributed by atoms with E-state index in [0.29, 0.717) is 24.3 Å². The molecule has 2 aromatic rings. The van der Waals surface area contributed by atoms with Crippen LogP contribution in [0.1, 0.15) is 37.7 Å². The van der Waals surface area contributed by atoms with Gasteiger partial charge in [-0.2, -0.15) is 0 Å². The van der Waals surface area contributed by atoms with E-state index in [4.69, 9.17) is 9.47 Å². The van der Waals surface area contributed by atoms with Gasteiger partial charge in [0, 0.05) is 12.1 Å². The molecule has 3 amide bonds. The maximum atomic E-state index is 13.0. The van der Waals surface area contributed by atoms with Gasteiger partial charge in [0.15, 0.2) is 5.82 Å². The van der Waals surface area contributed by atoms with Crippen molar-refractivity contribution in [2.45, 2.75) is 44.6 Å². The Bertz CT molecular complexity index is 924. The van der Waals surface area contributed by atoms with Crippen molar-refractivity contribution in [3.63, 3.8) is 0 Å². The lowest BCUT2D eigenvalue weighted by molar-refractivity contribution is -0.123. The highest BCUT2D eigenvalue weighted by Crippen LogP contribution is 2.36. The zero-order valence-electron chi connectivity index (χ0n) is 15.9. The van der Waals surface area contributed by atoms with Gasteiger partial charge in [0.25, 0.3) is 5.91 Å². The van der Waals surface area contributed by atoms with Gasteiger partial charge < -0.3 is 14.8 Å². The Morgan fingerprint density at radius 3 is 2.64 bits per heavy atom. The third-order valence-electron chi connectivity index (χ3n) is 5.33. The molecule has 2 aliphatic rings. The van der Waals surface area contributed by atoms with Crippen molar-refractivity contribution in [2.75, 3.05) is 12.0 Å². The van der Waals surface area contributed by atoms with E-state index in [0.717, 1.165) is 29.7 Å². The number of methoxy groups -OCH3 is 1. The van der Waals surface area contributed by atoms with E-state index < -0.39 is 11.6 Å². The van der Waals surface area contributed by atoms with Crippen LogP contribution >= 0.6 is 0 Å². The third-order valence-corrected chi connectivity index (χ3v) is 5.33. The quantitative estimate of drug-likeness (QED) is 0.815. The molecule has 1 spiro atoms. The Morgan fingerprint density at radius 1 is 1.11 bits per heavy atom. The van der Waals surface area contributed by atoms with Gasteiger partial charge in [-0.25, -0.2) is 19.7 Å². The van der Waals surface area contributed by atoms with E-state index >= 15 is 0 Å². The number of aryl methyl sites for hydroxylation is 1. The monoisotopic (exact) mass is 382 g/mol. The number of carbonyl (C=O) groups excluding carboxylic acids is 2. The fraction of sp³-hybridized carbons (Fsp3) is 0.400. The largest absolute Gasteiger partial charge is 0.496 e. The molecule has 1 aromatic carbocycles. The lowest BCUT2D eigenvalue weighted by atomic mass is 9.82. The first-order valence-electron chi connectivity index (χ1n) is 9.34. The number of carbonyl (C=O) groups is 2. The molecule has 8 heteroatoms. The maximum Gasteiger partial charge on any atom is 0.330 e. The summed E-state index contributed by atoms with van der Waals surface area (Å²) in [6.07, 6.45) is 5.52. The fourth-order valence-electron chi connectivity index (χ4n) is 3.82. The third kappa shape index (κ3) is 3.15. The number of nitrogens with one attached hydrogen (secondary N) is 1. The molecule has 2 fully saturated rings. The van der Waals surface area contributed by atoms with Crippen LogP contribution in [0.15, 0.2) is 30.6 Å². The molecule has 0 bridgehead atoms. The van der Waals surface area contributed by atoms with Crippen molar-refractivity contribution in [2.24, 2.45) is 0 Å². The summed E-state index contributed by atoms with van der Waals surface area (Å²) in [6, 6.07) is 6.46. The smallest absolute Gasteiger partial charge is 0.330 e. The summed E-state index contributed by atoms with van der Waals surface area (Å²) in [5.41, 5.74) is 0.182. The minimum Gasteiger partial charge on any atom is -0.496 e. The second-order valence-corrected chi connectivity index (χ2v) is 7.16. The number of benzene rings is 1. The number of urea groups is 1. The van der Waals surface area contributed by atoms with Gasteiger partial charge >= 0.3 is 6.03 Å². The standard InChI is InChI=1S/C20H22N4O4/c1-13-6-7-14(10-15(13)27-2)28-17-11-16(21-12-22-17)24-18(25)20(23-19(24)26)8-4-3-5-9-20/h6-7,10-12H,3-5,8-9H2,1-2H3,(H,23,26). The summed E-state index contributed by atoms with van der Waals surface area (Å²) in [5, 5.41) is 2.88. The van der Waals surface area contributed by atoms with Gasteiger partial charge in [-0.15, -0.1) is 0 Å². The Morgan fingerprint density at radius 2 is 1.89 bits per heavy atom. The predicted molar refractivity (Wildman–Crippen MR) is 102 cm³/mol. The van der Waals surface area contributed by atoms with E-state index in [-0.39, 0.29) is 17.6 Å². The van der Waals surface area contributed by atoms with Crippen molar-refractivity contribution in [1.82, 2.24) is 15.3 Å².